The Kier molecular flexibility index (Phi) is 7.74. The molecule has 0 atom stereocenters. The van der Waals surface area contributed by atoms with Crippen molar-refractivity contribution in [3.05, 3.63) is 58.1 Å². The number of hydrogen-bond acceptors (Lipinski definition) is 3. The van der Waals surface area contributed by atoms with Crippen molar-refractivity contribution in [1.29, 1.82) is 0 Å². The minimum absolute atomic E-state index is 0.00218. The van der Waals surface area contributed by atoms with Gasteiger partial charge in [0.1, 0.15) is 11.5 Å². The molecule has 0 heterocycles. The summed E-state index contributed by atoms with van der Waals surface area (Å²) in [6, 6.07) is 8.80. The summed E-state index contributed by atoms with van der Waals surface area (Å²) in [7, 11) is 0. The maximum Gasteiger partial charge on any atom is 0.201 e. The number of carbonyl (C=O) groups is 1. The molecule has 3 nitrogen and oxygen atoms in total. The number of hydrogen-bond donors (Lipinski definition) is 2. The lowest BCUT2D eigenvalue weighted by atomic mass is 9.81. The molecule has 2 aromatic carbocycles. The molecule has 0 spiro atoms. The summed E-state index contributed by atoms with van der Waals surface area (Å²) in [4.78, 5) is 12.9. The van der Waals surface area contributed by atoms with Gasteiger partial charge in [-0.2, -0.15) is 0 Å². The number of carbonyl (C=O) groups excluding carboxylic acids is 1. The van der Waals surface area contributed by atoms with Crippen molar-refractivity contribution in [3.8, 4) is 11.5 Å². The number of aryl methyl sites for hydroxylation is 1. The molecule has 0 aromatic heterocycles. The van der Waals surface area contributed by atoms with Gasteiger partial charge in [-0.1, -0.05) is 82.9 Å². The van der Waals surface area contributed by atoms with E-state index in [1.54, 1.807) is 12.1 Å². The summed E-state index contributed by atoms with van der Waals surface area (Å²) in [6.07, 6.45) is 14.5. The predicted molar refractivity (Wildman–Crippen MR) is 118 cm³/mol. The first-order chi connectivity index (χ1) is 14.1. The van der Waals surface area contributed by atoms with E-state index in [4.69, 9.17) is 0 Å². The van der Waals surface area contributed by atoms with E-state index in [1.165, 1.54) is 63.9 Å². The monoisotopic (exact) mass is 394 g/mol. The zero-order valence-electron chi connectivity index (χ0n) is 17.7. The molecule has 0 radical (unpaired) electrons. The smallest absolute Gasteiger partial charge is 0.201 e. The summed E-state index contributed by atoms with van der Waals surface area (Å²) in [5.41, 5.74) is 3.65. The Morgan fingerprint density at radius 1 is 0.759 bits per heavy atom. The van der Waals surface area contributed by atoms with Crippen molar-refractivity contribution in [1.82, 2.24) is 0 Å². The van der Waals surface area contributed by atoms with Crippen LogP contribution in [0.5, 0.6) is 11.5 Å². The highest BCUT2D eigenvalue weighted by molar-refractivity contribution is 6.15. The Morgan fingerprint density at radius 3 is 2.07 bits per heavy atom. The second-order valence-corrected chi connectivity index (χ2v) is 8.35. The number of phenols is 2. The molecule has 0 amide bonds. The summed E-state index contributed by atoms with van der Waals surface area (Å²) >= 11 is 0. The molecule has 0 saturated carbocycles. The predicted octanol–water partition coefficient (Wildman–Crippen LogP) is 6.70. The fourth-order valence-corrected chi connectivity index (χ4v) is 4.48. The van der Waals surface area contributed by atoms with Gasteiger partial charge in [0.15, 0.2) is 0 Å². The van der Waals surface area contributed by atoms with E-state index in [0.29, 0.717) is 17.5 Å². The van der Waals surface area contributed by atoms with E-state index in [1.807, 2.05) is 12.1 Å². The standard InChI is InChI=1S/C26H34O3/c1-2-3-4-5-6-7-8-9-10-11-13-19-16-17-23(28)25-21(19)18-20-14-12-15-22(27)24(20)26(25)29/h12,14-17,27-28H,2-11,13,18H2,1H3. The van der Waals surface area contributed by atoms with Gasteiger partial charge in [0.05, 0.1) is 11.1 Å². The van der Waals surface area contributed by atoms with E-state index in [0.717, 1.165) is 29.5 Å². The Morgan fingerprint density at radius 2 is 1.38 bits per heavy atom. The van der Waals surface area contributed by atoms with Crippen LogP contribution in [0.25, 0.3) is 0 Å². The summed E-state index contributed by atoms with van der Waals surface area (Å²) < 4.78 is 0. The van der Waals surface area contributed by atoms with Gasteiger partial charge < -0.3 is 10.2 Å². The molecular formula is C26H34O3. The summed E-state index contributed by atoms with van der Waals surface area (Å²) in [6.45, 7) is 2.25. The first-order valence-corrected chi connectivity index (χ1v) is 11.3. The van der Waals surface area contributed by atoms with Gasteiger partial charge in [-0.25, -0.2) is 0 Å². The van der Waals surface area contributed by atoms with Crippen molar-refractivity contribution < 1.29 is 15.0 Å². The van der Waals surface area contributed by atoms with E-state index >= 15 is 0 Å². The molecule has 0 unspecified atom stereocenters. The molecule has 3 heteroatoms. The van der Waals surface area contributed by atoms with Crippen molar-refractivity contribution in [2.75, 3.05) is 0 Å². The van der Waals surface area contributed by atoms with E-state index in [2.05, 4.69) is 6.92 Å². The average molecular weight is 395 g/mol. The summed E-state index contributed by atoms with van der Waals surface area (Å²) in [5, 5.41) is 20.4. The first kappa shape index (κ1) is 21.4. The Bertz CT molecular complexity index is 838. The van der Waals surface area contributed by atoms with Gasteiger partial charge in [-0.15, -0.1) is 0 Å². The SMILES string of the molecule is CCCCCCCCCCCCc1ccc(O)c2c1Cc1cccc(O)c1C2=O. The second kappa shape index (κ2) is 10.5. The first-order valence-electron chi connectivity index (χ1n) is 11.3. The van der Waals surface area contributed by atoms with Gasteiger partial charge in [0, 0.05) is 0 Å². The van der Waals surface area contributed by atoms with E-state index in [-0.39, 0.29) is 17.3 Å². The van der Waals surface area contributed by atoms with Crippen LogP contribution in [0, 0.1) is 0 Å². The van der Waals surface area contributed by atoms with Crippen molar-refractivity contribution in [2.45, 2.75) is 84.0 Å². The normalized spacial score (nSPS) is 12.7. The highest BCUT2D eigenvalue weighted by Crippen LogP contribution is 2.38. The molecule has 156 valence electrons. The molecule has 1 aliphatic carbocycles. The third-order valence-corrected chi connectivity index (χ3v) is 6.14. The highest BCUT2D eigenvalue weighted by Gasteiger charge is 2.29. The maximum atomic E-state index is 12.9. The lowest BCUT2D eigenvalue weighted by Gasteiger charge is -2.23. The molecule has 0 fully saturated rings. The number of fused-ring (bicyclic) bond motifs is 2. The van der Waals surface area contributed by atoms with Crippen molar-refractivity contribution in [2.24, 2.45) is 0 Å². The molecular weight excluding hydrogens is 360 g/mol. The average Bonchev–Trinajstić information content (AvgIpc) is 2.70. The molecule has 1 aliphatic rings. The maximum absolute atomic E-state index is 12.9. The number of benzene rings is 2. The van der Waals surface area contributed by atoms with Crippen LogP contribution >= 0.6 is 0 Å². The van der Waals surface area contributed by atoms with E-state index < -0.39 is 0 Å². The van der Waals surface area contributed by atoms with E-state index in [9.17, 15) is 15.0 Å². The molecule has 3 rings (SSSR count). The van der Waals surface area contributed by atoms with Crippen LogP contribution < -0.4 is 0 Å². The number of rotatable bonds is 11. The zero-order valence-corrected chi connectivity index (χ0v) is 17.7. The van der Waals surface area contributed by atoms with Crippen molar-refractivity contribution in [3.63, 3.8) is 0 Å². The number of phenolic OH excluding ortho intramolecular Hbond substituents is 2. The van der Waals surface area contributed by atoms with Gasteiger partial charge in [0.2, 0.25) is 5.78 Å². The van der Waals surface area contributed by atoms with Crippen LogP contribution in [-0.4, -0.2) is 16.0 Å². The Hall–Kier alpha value is -2.29. The fraction of sp³-hybridized carbons (Fsp3) is 0.500. The van der Waals surface area contributed by atoms with Crippen LogP contribution in [0.4, 0.5) is 0 Å². The van der Waals surface area contributed by atoms with Gasteiger partial charge in [-0.05, 0) is 48.1 Å². The lowest BCUT2D eigenvalue weighted by molar-refractivity contribution is 0.102. The van der Waals surface area contributed by atoms with Gasteiger partial charge in [-0.3, -0.25) is 4.79 Å². The molecule has 2 N–H and O–H groups in total. The third-order valence-electron chi connectivity index (χ3n) is 6.14. The Balaban J connectivity index is 1.54. The van der Waals surface area contributed by atoms with Crippen LogP contribution in [0.1, 0.15) is 104 Å². The second-order valence-electron chi connectivity index (χ2n) is 8.35. The highest BCUT2D eigenvalue weighted by atomic mass is 16.3. The van der Waals surface area contributed by atoms with Gasteiger partial charge >= 0.3 is 0 Å². The molecule has 2 aromatic rings. The number of ketones is 1. The minimum atomic E-state index is -0.262. The minimum Gasteiger partial charge on any atom is -0.507 e. The molecule has 0 saturated heterocycles. The number of unbranched alkanes of at least 4 members (excludes halogenated alkanes) is 9. The summed E-state index contributed by atoms with van der Waals surface area (Å²) in [5.74, 6) is -0.245. The van der Waals surface area contributed by atoms with Crippen LogP contribution in [0.3, 0.4) is 0 Å². The largest absolute Gasteiger partial charge is 0.507 e. The third kappa shape index (κ3) is 5.20. The van der Waals surface area contributed by atoms with Crippen LogP contribution in [-0.2, 0) is 12.8 Å². The molecule has 29 heavy (non-hydrogen) atoms. The quantitative estimate of drug-likeness (QED) is 0.356. The topological polar surface area (TPSA) is 57.5 Å². The van der Waals surface area contributed by atoms with Crippen molar-refractivity contribution >= 4 is 5.78 Å². The lowest BCUT2D eigenvalue weighted by Crippen LogP contribution is -2.17. The fourth-order valence-electron chi connectivity index (χ4n) is 4.48. The zero-order chi connectivity index (χ0) is 20.6. The van der Waals surface area contributed by atoms with Crippen LogP contribution in [0.15, 0.2) is 30.3 Å². The molecule has 0 aliphatic heterocycles. The van der Waals surface area contributed by atoms with Crippen LogP contribution in [0.2, 0.25) is 0 Å². The Labute approximate surface area is 174 Å². The van der Waals surface area contributed by atoms with Gasteiger partial charge in [0.25, 0.3) is 0 Å². The molecule has 0 bridgehead atoms. The number of aromatic hydroxyl groups is 2.